The van der Waals surface area contributed by atoms with Crippen molar-refractivity contribution < 1.29 is 23.1 Å². The van der Waals surface area contributed by atoms with Crippen molar-refractivity contribution >= 4 is 29.9 Å². The van der Waals surface area contributed by atoms with Gasteiger partial charge in [-0.2, -0.15) is 12.6 Å². The average molecular weight is 468 g/mol. The average Bonchev–Trinajstić information content (AvgIpc) is 2.75. The quantitative estimate of drug-likeness (QED) is 0.182. The van der Waals surface area contributed by atoms with E-state index in [4.69, 9.17) is 25.9 Å². The molecule has 0 unspecified atom stereocenters. The fraction of sp³-hybridized carbons (Fsp3) is 0.238. The van der Waals surface area contributed by atoms with Crippen molar-refractivity contribution in [2.24, 2.45) is 0 Å². The van der Waals surface area contributed by atoms with Crippen LogP contribution < -0.4 is 15.0 Å². The first-order chi connectivity index (χ1) is 15.0. The van der Waals surface area contributed by atoms with Crippen LogP contribution in [-0.4, -0.2) is 30.3 Å². The van der Waals surface area contributed by atoms with Crippen molar-refractivity contribution in [3.8, 4) is 22.8 Å². The Bertz CT molecular complexity index is 1040. The van der Waals surface area contributed by atoms with Crippen LogP contribution in [0.1, 0.15) is 12.0 Å². The maximum Gasteiger partial charge on any atom is 0.223 e. The summed E-state index contributed by atoms with van der Waals surface area (Å²) in [7, 11) is 1.52. The van der Waals surface area contributed by atoms with E-state index in [2.05, 4.69) is 28.1 Å². The summed E-state index contributed by atoms with van der Waals surface area (Å²) in [5, 5.41) is -0.120. The Morgan fingerprint density at radius 2 is 1.90 bits per heavy atom. The maximum atomic E-state index is 14.1. The predicted molar refractivity (Wildman–Crippen MR) is 118 cm³/mol. The van der Waals surface area contributed by atoms with Gasteiger partial charge < -0.3 is 9.47 Å². The summed E-state index contributed by atoms with van der Waals surface area (Å²) in [5.41, 5.74) is 4.68. The smallest absolute Gasteiger partial charge is 0.223 e. The third kappa shape index (κ3) is 6.43. The van der Waals surface area contributed by atoms with E-state index in [1.54, 1.807) is 6.07 Å². The highest BCUT2D eigenvalue weighted by molar-refractivity contribution is 7.79. The van der Waals surface area contributed by atoms with Gasteiger partial charge in [0.1, 0.15) is 23.0 Å². The van der Waals surface area contributed by atoms with Gasteiger partial charge in [-0.1, -0.05) is 0 Å². The molecule has 1 aromatic heterocycles. The summed E-state index contributed by atoms with van der Waals surface area (Å²) in [6.45, 7) is 0.563. The summed E-state index contributed by atoms with van der Waals surface area (Å²) in [6, 6.07) is 9.32. The largest absolute Gasteiger partial charge is 0.493 e. The molecular formula is C21H20ClF2N3O3S. The van der Waals surface area contributed by atoms with Crippen molar-refractivity contribution in [2.75, 3.05) is 25.8 Å². The SMILES string of the molecule is CONc1cc(CS)cc(OCCCOc2cc(F)ccc2-c2nc(Cl)ncc2F)c1. The van der Waals surface area contributed by atoms with Crippen molar-refractivity contribution in [1.29, 1.82) is 0 Å². The summed E-state index contributed by atoms with van der Waals surface area (Å²) >= 11 is 10.0. The number of benzene rings is 2. The Hall–Kier alpha value is -2.62. The zero-order chi connectivity index (χ0) is 22.2. The molecule has 3 aromatic rings. The van der Waals surface area contributed by atoms with Gasteiger partial charge in [-0.05, 0) is 41.4 Å². The van der Waals surface area contributed by atoms with E-state index < -0.39 is 11.6 Å². The second-order valence-electron chi connectivity index (χ2n) is 6.36. The third-order valence-corrected chi connectivity index (χ3v) is 4.64. The first-order valence-electron chi connectivity index (χ1n) is 9.27. The fourth-order valence-corrected chi connectivity index (χ4v) is 3.10. The van der Waals surface area contributed by atoms with Gasteiger partial charge in [0.25, 0.3) is 0 Å². The van der Waals surface area contributed by atoms with Gasteiger partial charge in [0.2, 0.25) is 5.28 Å². The van der Waals surface area contributed by atoms with Gasteiger partial charge in [-0.3, -0.25) is 10.3 Å². The number of nitrogens with zero attached hydrogens (tertiary/aromatic N) is 2. The molecule has 1 heterocycles. The number of hydrogen-bond acceptors (Lipinski definition) is 7. The predicted octanol–water partition coefficient (Wildman–Crippen LogP) is 5.33. The highest BCUT2D eigenvalue weighted by Gasteiger charge is 2.15. The number of anilines is 1. The van der Waals surface area contributed by atoms with Gasteiger partial charge >= 0.3 is 0 Å². The summed E-state index contributed by atoms with van der Waals surface area (Å²) < 4.78 is 39.3. The molecule has 0 fully saturated rings. The Labute approximate surface area is 188 Å². The van der Waals surface area contributed by atoms with Gasteiger partial charge in [-0.25, -0.2) is 18.7 Å². The number of ether oxygens (including phenoxy) is 2. The number of aromatic nitrogens is 2. The van der Waals surface area contributed by atoms with E-state index in [0.29, 0.717) is 24.5 Å². The molecule has 164 valence electrons. The molecule has 0 aliphatic carbocycles. The maximum absolute atomic E-state index is 14.1. The first-order valence-corrected chi connectivity index (χ1v) is 10.3. The van der Waals surface area contributed by atoms with Crippen LogP contribution in [0, 0.1) is 11.6 Å². The monoisotopic (exact) mass is 467 g/mol. The molecule has 31 heavy (non-hydrogen) atoms. The van der Waals surface area contributed by atoms with E-state index in [0.717, 1.165) is 17.4 Å². The molecule has 10 heteroatoms. The second-order valence-corrected chi connectivity index (χ2v) is 7.01. The summed E-state index contributed by atoms with van der Waals surface area (Å²) in [5.74, 6) is 0.142. The lowest BCUT2D eigenvalue weighted by Gasteiger charge is -2.13. The first kappa shape index (κ1) is 23.1. The molecule has 0 spiro atoms. The lowest BCUT2D eigenvalue weighted by Crippen LogP contribution is -2.07. The number of hydrogen-bond donors (Lipinski definition) is 2. The van der Waals surface area contributed by atoms with Gasteiger partial charge in [0, 0.05) is 29.9 Å². The fourth-order valence-electron chi connectivity index (χ4n) is 2.79. The Balaban J connectivity index is 1.62. The normalized spacial score (nSPS) is 10.7. The zero-order valence-electron chi connectivity index (χ0n) is 16.6. The highest BCUT2D eigenvalue weighted by atomic mass is 35.5. The zero-order valence-corrected chi connectivity index (χ0v) is 18.2. The van der Waals surface area contributed by atoms with Crippen LogP contribution in [-0.2, 0) is 10.6 Å². The minimum atomic E-state index is -0.686. The van der Waals surface area contributed by atoms with Crippen molar-refractivity contribution in [3.05, 3.63) is 65.1 Å². The molecule has 0 saturated carbocycles. The highest BCUT2D eigenvalue weighted by Crippen LogP contribution is 2.31. The van der Waals surface area contributed by atoms with E-state index in [1.807, 2.05) is 12.1 Å². The lowest BCUT2D eigenvalue weighted by atomic mass is 10.1. The molecule has 6 nitrogen and oxygen atoms in total. The molecule has 2 aromatic carbocycles. The molecule has 0 radical (unpaired) electrons. The topological polar surface area (TPSA) is 65.5 Å². The number of halogens is 3. The van der Waals surface area contributed by atoms with Crippen molar-refractivity contribution in [1.82, 2.24) is 9.97 Å². The third-order valence-electron chi connectivity index (χ3n) is 4.10. The molecule has 1 N–H and O–H groups in total. The molecule has 0 saturated heterocycles. The second kappa shape index (κ2) is 11.1. The minimum absolute atomic E-state index is 0.0620. The molecule has 3 rings (SSSR count). The van der Waals surface area contributed by atoms with Crippen LogP contribution in [0.25, 0.3) is 11.3 Å². The van der Waals surface area contributed by atoms with Crippen LogP contribution in [0.5, 0.6) is 11.5 Å². The van der Waals surface area contributed by atoms with Crippen LogP contribution in [0.2, 0.25) is 5.28 Å². The molecular weight excluding hydrogens is 448 g/mol. The van der Waals surface area contributed by atoms with E-state index in [-0.39, 0.29) is 28.9 Å². The molecule has 0 amide bonds. The van der Waals surface area contributed by atoms with Gasteiger partial charge in [0.05, 0.1) is 32.2 Å². The van der Waals surface area contributed by atoms with Crippen LogP contribution in [0.4, 0.5) is 14.5 Å². The number of nitrogens with one attached hydrogen (secondary N) is 1. The van der Waals surface area contributed by atoms with E-state index >= 15 is 0 Å². The summed E-state index contributed by atoms with van der Waals surface area (Å²) in [4.78, 5) is 12.4. The standard InChI is InChI=1S/C21H20ClF2N3O3S/c1-28-27-15-7-13(12-31)8-16(10-15)29-5-2-6-30-19-9-14(23)3-4-17(19)20-18(24)11-25-21(22)26-20/h3-4,7-11,27,31H,2,5-6,12H2,1H3. The summed E-state index contributed by atoms with van der Waals surface area (Å²) in [6.07, 6.45) is 1.46. The minimum Gasteiger partial charge on any atom is -0.493 e. The number of rotatable bonds is 10. The molecule has 0 atom stereocenters. The van der Waals surface area contributed by atoms with Crippen LogP contribution in [0.15, 0.2) is 42.6 Å². The number of thiol groups is 1. The van der Waals surface area contributed by atoms with Gasteiger partial charge in [0.15, 0.2) is 5.82 Å². The van der Waals surface area contributed by atoms with Gasteiger partial charge in [-0.15, -0.1) is 0 Å². The lowest BCUT2D eigenvalue weighted by molar-refractivity contribution is 0.246. The van der Waals surface area contributed by atoms with Crippen LogP contribution >= 0.6 is 24.2 Å². The van der Waals surface area contributed by atoms with E-state index in [1.165, 1.54) is 25.3 Å². The Morgan fingerprint density at radius 1 is 1.10 bits per heavy atom. The van der Waals surface area contributed by atoms with Crippen molar-refractivity contribution in [3.63, 3.8) is 0 Å². The van der Waals surface area contributed by atoms with E-state index in [9.17, 15) is 8.78 Å². The molecule has 0 aliphatic heterocycles. The Kier molecular flexibility index (Phi) is 8.27. The molecule has 0 bridgehead atoms. The molecule has 0 aliphatic rings. The Morgan fingerprint density at radius 3 is 2.68 bits per heavy atom. The van der Waals surface area contributed by atoms with Crippen molar-refractivity contribution in [2.45, 2.75) is 12.2 Å². The van der Waals surface area contributed by atoms with Crippen LogP contribution in [0.3, 0.4) is 0 Å².